The molecule has 15 aromatic rings. The van der Waals surface area contributed by atoms with Crippen LogP contribution in [0.2, 0.25) is 0 Å². The molecule has 15 rings (SSSR count). The molecule has 0 atom stereocenters. The van der Waals surface area contributed by atoms with Crippen LogP contribution in [0.1, 0.15) is 0 Å². The first-order valence-electron chi connectivity index (χ1n) is 26.3. The van der Waals surface area contributed by atoms with Crippen LogP contribution in [0.15, 0.2) is 297 Å². The van der Waals surface area contributed by atoms with Crippen LogP contribution < -0.4 is 20.7 Å². The Bertz CT molecular complexity index is 4490. The standard InChI is InChI=1S/C72H49N3Si/c1-4-25-50(26-5-1)76(51-27-6-2-7-28-51,52-29-8-3-9-30-52)53-47-48-71-63(49-53)60-37-16-21-44-68(60)74(71)67-43-20-15-36-59(67)62-39-24-38-61(72(62)75-69-45-22-12-33-56(69)57-34-13-23-46-70(57)75)58-35-14-19-42-66(58)73-64-40-17-10-31-54(64)55-32-11-18-41-65(55)73/h1-49H. The normalized spacial score (nSPS) is 11.9. The SMILES string of the molecule is c1ccc([Si](c2ccccc2)(c2ccccc2)c2ccc3c(c2)c2ccccc2n3-c2ccccc2-c2cccc(-c3ccccc3-n3c4ccccc4c4ccccc43)c2-n2c3ccccc3c3ccccc32)cc1. The highest BCUT2D eigenvalue weighted by atomic mass is 28.3. The Morgan fingerprint density at radius 3 is 0.908 bits per heavy atom. The first-order chi connectivity index (χ1) is 37.8. The molecule has 3 aromatic heterocycles. The topological polar surface area (TPSA) is 14.8 Å². The Balaban J connectivity index is 1.02. The van der Waals surface area contributed by atoms with Gasteiger partial charge in [0.1, 0.15) is 0 Å². The van der Waals surface area contributed by atoms with E-state index < -0.39 is 8.07 Å². The van der Waals surface area contributed by atoms with Crippen molar-refractivity contribution < 1.29 is 0 Å². The fourth-order valence-electron chi connectivity index (χ4n) is 12.9. The van der Waals surface area contributed by atoms with E-state index in [-0.39, 0.29) is 0 Å². The maximum Gasteiger partial charge on any atom is 0.179 e. The Morgan fingerprint density at radius 2 is 0.500 bits per heavy atom. The molecule has 0 N–H and O–H groups in total. The number of aromatic nitrogens is 3. The maximum absolute atomic E-state index is 2.83. The predicted octanol–water partition coefficient (Wildman–Crippen LogP) is 15.7. The number of fused-ring (bicyclic) bond motifs is 9. The van der Waals surface area contributed by atoms with Crippen molar-refractivity contribution in [1.82, 2.24) is 13.7 Å². The summed E-state index contributed by atoms with van der Waals surface area (Å²) < 4.78 is 7.52. The van der Waals surface area contributed by atoms with E-state index >= 15 is 0 Å². The van der Waals surface area contributed by atoms with Gasteiger partial charge in [0.2, 0.25) is 0 Å². The molecule has 0 spiro atoms. The Labute approximate surface area is 442 Å². The first kappa shape index (κ1) is 43.8. The van der Waals surface area contributed by atoms with Crippen molar-refractivity contribution in [2.75, 3.05) is 0 Å². The molecule has 76 heavy (non-hydrogen) atoms. The summed E-state index contributed by atoms with van der Waals surface area (Å²) in [4.78, 5) is 0. The first-order valence-corrected chi connectivity index (χ1v) is 28.3. The highest BCUT2D eigenvalue weighted by molar-refractivity contribution is 7.20. The summed E-state index contributed by atoms with van der Waals surface area (Å²) in [5.74, 6) is 0. The Morgan fingerprint density at radius 1 is 0.197 bits per heavy atom. The van der Waals surface area contributed by atoms with E-state index in [0.717, 1.165) is 50.3 Å². The molecule has 12 aromatic carbocycles. The molecule has 0 fully saturated rings. The Hall–Kier alpha value is -9.74. The van der Waals surface area contributed by atoms with E-state index in [4.69, 9.17) is 0 Å². The largest absolute Gasteiger partial charge is 0.309 e. The summed E-state index contributed by atoms with van der Waals surface area (Å²) in [7, 11) is -2.83. The zero-order valence-corrected chi connectivity index (χ0v) is 42.6. The molecule has 4 heteroatoms. The molecule has 0 unspecified atom stereocenters. The number of nitrogens with zero attached hydrogens (tertiary/aromatic N) is 3. The molecular weight excluding hydrogens is 935 g/mol. The minimum Gasteiger partial charge on any atom is -0.309 e. The molecule has 0 aliphatic heterocycles. The predicted molar refractivity (Wildman–Crippen MR) is 324 cm³/mol. The van der Waals surface area contributed by atoms with Crippen molar-refractivity contribution in [1.29, 1.82) is 0 Å². The van der Waals surface area contributed by atoms with E-state index in [2.05, 4.69) is 311 Å². The van der Waals surface area contributed by atoms with Gasteiger partial charge in [0.25, 0.3) is 0 Å². The molecule has 0 saturated heterocycles. The minimum atomic E-state index is -2.83. The summed E-state index contributed by atoms with van der Waals surface area (Å²) in [5.41, 5.74) is 15.0. The molecule has 356 valence electrons. The lowest BCUT2D eigenvalue weighted by molar-refractivity contribution is 1.15. The summed E-state index contributed by atoms with van der Waals surface area (Å²) in [6, 6.07) is 111. The summed E-state index contributed by atoms with van der Waals surface area (Å²) in [6.45, 7) is 0. The van der Waals surface area contributed by atoms with Gasteiger partial charge in [0.15, 0.2) is 8.07 Å². The van der Waals surface area contributed by atoms with Gasteiger partial charge in [-0.3, -0.25) is 0 Å². The summed E-state index contributed by atoms with van der Waals surface area (Å²) in [5, 5.41) is 12.8. The van der Waals surface area contributed by atoms with Gasteiger partial charge < -0.3 is 13.7 Å². The lowest BCUT2D eigenvalue weighted by Crippen LogP contribution is -2.74. The van der Waals surface area contributed by atoms with E-state index in [9.17, 15) is 0 Å². The van der Waals surface area contributed by atoms with Crippen LogP contribution in [0.25, 0.3) is 105 Å². The third-order valence-corrected chi connectivity index (χ3v) is 20.8. The van der Waals surface area contributed by atoms with E-state index in [1.165, 1.54) is 75.1 Å². The molecule has 0 bridgehead atoms. The molecule has 0 aliphatic carbocycles. The number of hydrogen-bond donors (Lipinski definition) is 0. The third kappa shape index (κ3) is 6.54. The van der Waals surface area contributed by atoms with Gasteiger partial charge in [-0.1, -0.05) is 249 Å². The second-order valence-electron chi connectivity index (χ2n) is 19.9. The van der Waals surface area contributed by atoms with E-state index in [0.29, 0.717) is 0 Å². The highest BCUT2D eigenvalue weighted by Gasteiger charge is 2.41. The van der Waals surface area contributed by atoms with Crippen molar-refractivity contribution >= 4 is 94.2 Å². The number of hydrogen-bond acceptors (Lipinski definition) is 0. The Kier molecular flexibility index (Phi) is 10.2. The summed E-state index contributed by atoms with van der Waals surface area (Å²) >= 11 is 0. The van der Waals surface area contributed by atoms with Gasteiger partial charge in [0.05, 0.1) is 50.2 Å². The van der Waals surface area contributed by atoms with Gasteiger partial charge in [-0.25, -0.2) is 0 Å². The fraction of sp³-hybridized carbons (Fsp3) is 0. The number of para-hydroxylation sites is 8. The zero-order valence-electron chi connectivity index (χ0n) is 41.6. The smallest absolute Gasteiger partial charge is 0.179 e. The fourth-order valence-corrected chi connectivity index (χ4v) is 17.7. The maximum atomic E-state index is 2.54. The molecule has 0 amide bonds. The second kappa shape index (κ2) is 17.7. The summed E-state index contributed by atoms with van der Waals surface area (Å²) in [6.07, 6.45) is 0. The van der Waals surface area contributed by atoms with Crippen molar-refractivity contribution in [2.45, 2.75) is 0 Å². The average molecular weight is 984 g/mol. The second-order valence-corrected chi connectivity index (χ2v) is 23.7. The monoisotopic (exact) mass is 983 g/mol. The van der Waals surface area contributed by atoms with Gasteiger partial charge in [-0.05, 0) is 69.3 Å². The average Bonchev–Trinajstić information content (AvgIpc) is 4.24. The molecule has 0 radical (unpaired) electrons. The van der Waals surface area contributed by atoms with Crippen LogP contribution in [-0.4, -0.2) is 21.8 Å². The van der Waals surface area contributed by atoms with Crippen LogP contribution >= 0.6 is 0 Å². The van der Waals surface area contributed by atoms with Crippen molar-refractivity contribution in [3.8, 4) is 39.3 Å². The quantitative estimate of drug-likeness (QED) is 0.101. The third-order valence-electron chi connectivity index (χ3n) is 16.0. The lowest BCUT2D eigenvalue weighted by Gasteiger charge is -2.34. The van der Waals surface area contributed by atoms with Crippen LogP contribution in [-0.2, 0) is 0 Å². The van der Waals surface area contributed by atoms with Crippen molar-refractivity contribution in [3.63, 3.8) is 0 Å². The van der Waals surface area contributed by atoms with Gasteiger partial charge in [-0.15, -0.1) is 0 Å². The highest BCUT2D eigenvalue weighted by Crippen LogP contribution is 2.46. The van der Waals surface area contributed by atoms with Gasteiger partial charge >= 0.3 is 0 Å². The van der Waals surface area contributed by atoms with Crippen LogP contribution in [0.5, 0.6) is 0 Å². The molecule has 3 heterocycles. The number of benzene rings is 12. The van der Waals surface area contributed by atoms with E-state index in [1.54, 1.807) is 0 Å². The zero-order chi connectivity index (χ0) is 50.2. The van der Waals surface area contributed by atoms with Gasteiger partial charge in [0, 0.05) is 54.6 Å². The van der Waals surface area contributed by atoms with Gasteiger partial charge in [-0.2, -0.15) is 0 Å². The minimum absolute atomic E-state index is 1.12. The molecule has 3 nitrogen and oxygen atoms in total. The van der Waals surface area contributed by atoms with Crippen molar-refractivity contribution in [3.05, 3.63) is 297 Å². The van der Waals surface area contributed by atoms with Crippen LogP contribution in [0.3, 0.4) is 0 Å². The van der Waals surface area contributed by atoms with Crippen molar-refractivity contribution in [2.24, 2.45) is 0 Å². The molecule has 0 aliphatic rings. The van der Waals surface area contributed by atoms with Crippen LogP contribution in [0.4, 0.5) is 0 Å². The molecule has 0 saturated carbocycles. The van der Waals surface area contributed by atoms with Crippen LogP contribution in [0, 0.1) is 0 Å². The molecular formula is C72H49N3Si. The number of rotatable bonds is 9. The van der Waals surface area contributed by atoms with E-state index in [1.807, 2.05) is 0 Å². The lowest BCUT2D eigenvalue weighted by atomic mass is 9.93.